The molecule has 0 unspecified atom stereocenters. The van der Waals surface area contributed by atoms with E-state index in [1.165, 1.54) is 0 Å². The number of hydrogen-bond donors (Lipinski definition) is 0. The smallest absolute Gasteiger partial charge is 0.497 e. The number of nitrogens with zero attached hydrogens (tertiary/aromatic N) is 1. The van der Waals surface area contributed by atoms with Gasteiger partial charge in [-0.05, 0) is 40.7 Å². The molecule has 3 rings (SSSR count). The van der Waals surface area contributed by atoms with Crippen molar-refractivity contribution in [2.45, 2.75) is 45.8 Å². The van der Waals surface area contributed by atoms with Crippen LogP contribution in [0.1, 0.15) is 32.7 Å². The van der Waals surface area contributed by atoms with E-state index in [0.717, 1.165) is 26.4 Å². The van der Waals surface area contributed by atoms with Crippen molar-refractivity contribution < 1.29 is 14.0 Å². The molecule has 0 radical (unpaired) electrons. The first-order valence-electron chi connectivity index (χ1n) is 7.04. The van der Waals surface area contributed by atoms with Gasteiger partial charge in [0.1, 0.15) is 5.75 Å². The molecule has 112 valence electrons. The molecule has 2 heterocycles. The molecule has 1 aliphatic heterocycles. The van der Waals surface area contributed by atoms with Gasteiger partial charge >= 0.3 is 7.12 Å². The third kappa shape index (κ3) is 2.35. The predicted molar refractivity (Wildman–Crippen MR) is 86.6 cm³/mol. The maximum absolute atomic E-state index is 6.13. The summed E-state index contributed by atoms with van der Waals surface area (Å²) < 4.78 is 18.9. The molecule has 1 fully saturated rings. The Labute approximate surface area is 129 Å². The predicted octanol–water partition coefficient (Wildman–Crippen LogP) is 2.91. The van der Waals surface area contributed by atoms with E-state index in [4.69, 9.17) is 14.0 Å². The Morgan fingerprint density at radius 1 is 1.14 bits per heavy atom. The number of ether oxygens (including phenoxy) is 1. The van der Waals surface area contributed by atoms with Crippen LogP contribution in [0.2, 0.25) is 0 Å². The molecule has 1 aromatic heterocycles. The van der Waals surface area contributed by atoms with Crippen LogP contribution in [0, 0.1) is 6.92 Å². The highest BCUT2D eigenvalue weighted by Crippen LogP contribution is 2.37. The van der Waals surface area contributed by atoms with E-state index in [9.17, 15) is 0 Å². The fourth-order valence-corrected chi connectivity index (χ4v) is 3.27. The second-order valence-electron chi connectivity index (χ2n) is 6.38. The molecule has 1 aromatic carbocycles. The number of thiazole rings is 1. The molecule has 1 saturated heterocycles. The molecule has 0 atom stereocenters. The van der Waals surface area contributed by atoms with Crippen molar-refractivity contribution in [3.63, 3.8) is 0 Å². The number of rotatable bonds is 2. The van der Waals surface area contributed by atoms with E-state index >= 15 is 0 Å². The second-order valence-corrected chi connectivity index (χ2v) is 7.62. The maximum Gasteiger partial charge on any atom is 0.498 e. The van der Waals surface area contributed by atoms with Crippen LogP contribution in [0.4, 0.5) is 0 Å². The summed E-state index contributed by atoms with van der Waals surface area (Å²) in [5.74, 6) is 0.756. The largest absolute Gasteiger partial charge is 0.498 e. The molecule has 0 spiro atoms. The van der Waals surface area contributed by atoms with Crippen LogP contribution < -0.4 is 10.2 Å². The maximum atomic E-state index is 6.13. The summed E-state index contributed by atoms with van der Waals surface area (Å²) in [6, 6.07) is 4.03. The number of aromatic nitrogens is 1. The van der Waals surface area contributed by atoms with Crippen molar-refractivity contribution in [1.82, 2.24) is 4.98 Å². The van der Waals surface area contributed by atoms with Crippen LogP contribution in [-0.2, 0) is 9.31 Å². The minimum absolute atomic E-state index is 0.360. The SMILES string of the molecule is COc1cc2nc(C)sc2cc1B1OC(C)(C)C(C)(C)O1. The van der Waals surface area contributed by atoms with Crippen LogP contribution in [0.25, 0.3) is 10.2 Å². The Balaban J connectivity index is 2.08. The van der Waals surface area contributed by atoms with Gasteiger partial charge in [0.2, 0.25) is 0 Å². The van der Waals surface area contributed by atoms with Gasteiger partial charge in [0.05, 0.1) is 33.5 Å². The summed E-state index contributed by atoms with van der Waals surface area (Å²) in [5, 5.41) is 1.04. The van der Waals surface area contributed by atoms with Crippen LogP contribution in [-0.4, -0.2) is 30.4 Å². The zero-order valence-electron chi connectivity index (χ0n) is 13.3. The summed E-state index contributed by atoms with van der Waals surface area (Å²) in [7, 11) is 1.24. The molecule has 2 aromatic rings. The van der Waals surface area contributed by atoms with Gasteiger partial charge in [0, 0.05) is 11.5 Å². The zero-order chi connectivity index (χ0) is 15.4. The van der Waals surface area contributed by atoms with Gasteiger partial charge in [-0.15, -0.1) is 11.3 Å². The lowest BCUT2D eigenvalue weighted by Gasteiger charge is -2.32. The number of benzene rings is 1. The fourth-order valence-electron chi connectivity index (χ4n) is 2.42. The van der Waals surface area contributed by atoms with Crippen molar-refractivity contribution in [3.8, 4) is 5.75 Å². The molecular weight excluding hydrogens is 285 g/mol. The summed E-state index contributed by atoms with van der Waals surface area (Å²) in [6.45, 7) is 10.2. The Morgan fingerprint density at radius 3 is 2.33 bits per heavy atom. The van der Waals surface area contributed by atoms with E-state index in [1.807, 2.05) is 13.0 Å². The Bertz CT molecular complexity index is 680. The zero-order valence-corrected chi connectivity index (χ0v) is 14.1. The molecule has 0 N–H and O–H groups in total. The highest BCUT2D eigenvalue weighted by Gasteiger charge is 2.52. The molecule has 21 heavy (non-hydrogen) atoms. The van der Waals surface area contributed by atoms with Crippen molar-refractivity contribution in [2.75, 3.05) is 7.11 Å². The molecule has 0 amide bonds. The van der Waals surface area contributed by atoms with Crippen molar-refractivity contribution in [3.05, 3.63) is 17.1 Å². The minimum atomic E-state index is -0.420. The second kappa shape index (κ2) is 4.70. The Kier molecular flexibility index (Phi) is 3.31. The first-order valence-corrected chi connectivity index (χ1v) is 7.86. The Morgan fingerprint density at radius 2 is 1.76 bits per heavy atom. The number of hydrogen-bond acceptors (Lipinski definition) is 5. The van der Waals surface area contributed by atoms with Crippen molar-refractivity contribution in [2.24, 2.45) is 0 Å². The molecule has 6 heteroatoms. The molecule has 0 aliphatic carbocycles. The van der Waals surface area contributed by atoms with E-state index in [2.05, 4.69) is 38.7 Å². The molecular formula is C15H20BNO3S. The van der Waals surface area contributed by atoms with Gasteiger partial charge in [-0.25, -0.2) is 4.98 Å². The van der Waals surface area contributed by atoms with E-state index in [1.54, 1.807) is 18.4 Å². The molecule has 0 bridgehead atoms. The number of fused-ring (bicyclic) bond motifs is 1. The van der Waals surface area contributed by atoms with Crippen LogP contribution in [0.5, 0.6) is 5.75 Å². The first-order chi connectivity index (χ1) is 9.73. The average Bonchev–Trinajstić information content (AvgIpc) is 2.83. The molecule has 1 aliphatic rings. The van der Waals surface area contributed by atoms with Crippen LogP contribution in [0.3, 0.4) is 0 Å². The lowest BCUT2D eigenvalue weighted by atomic mass is 9.78. The highest BCUT2D eigenvalue weighted by molar-refractivity contribution is 7.18. The lowest BCUT2D eigenvalue weighted by Crippen LogP contribution is -2.41. The topological polar surface area (TPSA) is 40.6 Å². The van der Waals surface area contributed by atoms with Crippen molar-refractivity contribution in [1.29, 1.82) is 0 Å². The minimum Gasteiger partial charge on any atom is -0.497 e. The first kappa shape index (κ1) is 14.8. The van der Waals surface area contributed by atoms with Crippen LogP contribution in [0.15, 0.2) is 12.1 Å². The fraction of sp³-hybridized carbons (Fsp3) is 0.533. The van der Waals surface area contributed by atoms with E-state index < -0.39 is 7.12 Å². The Hall–Kier alpha value is -1.11. The highest BCUT2D eigenvalue weighted by atomic mass is 32.1. The third-order valence-electron chi connectivity index (χ3n) is 4.35. The van der Waals surface area contributed by atoms with Gasteiger partial charge in [0.15, 0.2) is 0 Å². The number of aryl methyl sites for hydroxylation is 1. The molecule has 0 saturated carbocycles. The lowest BCUT2D eigenvalue weighted by molar-refractivity contribution is 0.00578. The monoisotopic (exact) mass is 305 g/mol. The van der Waals surface area contributed by atoms with Gasteiger partial charge in [-0.1, -0.05) is 0 Å². The quantitative estimate of drug-likeness (QED) is 0.800. The summed E-state index contributed by atoms with van der Waals surface area (Å²) in [5.41, 5.74) is 1.16. The van der Waals surface area contributed by atoms with Gasteiger partial charge in [-0.2, -0.15) is 0 Å². The third-order valence-corrected chi connectivity index (χ3v) is 5.29. The van der Waals surface area contributed by atoms with E-state index in [-0.39, 0.29) is 11.2 Å². The normalized spacial score (nSPS) is 20.2. The van der Waals surface area contributed by atoms with Gasteiger partial charge < -0.3 is 14.0 Å². The van der Waals surface area contributed by atoms with Crippen molar-refractivity contribution >= 4 is 34.1 Å². The summed E-state index contributed by atoms with van der Waals surface area (Å²) in [4.78, 5) is 4.50. The van der Waals surface area contributed by atoms with Gasteiger partial charge in [0.25, 0.3) is 0 Å². The standard InChI is InChI=1S/C15H20BNO3S/c1-9-17-11-8-12(18-6)10(7-13(11)21-9)16-19-14(2,3)15(4,5)20-16/h7-8H,1-6H3. The molecule has 4 nitrogen and oxygen atoms in total. The summed E-state index contributed by atoms with van der Waals surface area (Å²) >= 11 is 1.67. The average molecular weight is 305 g/mol. The van der Waals surface area contributed by atoms with Gasteiger partial charge in [-0.3, -0.25) is 0 Å². The van der Waals surface area contributed by atoms with Crippen LogP contribution >= 0.6 is 11.3 Å². The number of methoxy groups -OCH3 is 1. The van der Waals surface area contributed by atoms with E-state index in [0.29, 0.717) is 0 Å². The summed E-state index contributed by atoms with van der Waals surface area (Å²) in [6.07, 6.45) is 0.